The molecule has 37 heavy (non-hydrogen) atoms. The number of hydrogen-bond acceptors (Lipinski definition) is 6. The fraction of sp³-hybridized carbons (Fsp3) is 0.448. The van der Waals surface area contributed by atoms with Gasteiger partial charge in [-0.15, -0.1) is 0 Å². The topological polar surface area (TPSA) is 72.2 Å². The van der Waals surface area contributed by atoms with Crippen molar-refractivity contribution in [3.8, 4) is 5.75 Å². The van der Waals surface area contributed by atoms with Crippen LogP contribution in [0.1, 0.15) is 60.3 Å². The Bertz CT molecular complexity index is 1320. The fourth-order valence-electron chi connectivity index (χ4n) is 5.18. The van der Waals surface area contributed by atoms with E-state index in [-0.39, 0.29) is 33.6 Å². The molecule has 1 amide bonds. The minimum Gasteiger partial charge on any atom is -0.494 e. The van der Waals surface area contributed by atoms with Crippen molar-refractivity contribution < 1.29 is 23.1 Å². The van der Waals surface area contributed by atoms with Crippen LogP contribution in [0.5, 0.6) is 5.75 Å². The Morgan fingerprint density at radius 3 is 2.68 bits per heavy atom. The van der Waals surface area contributed by atoms with Crippen molar-refractivity contribution in [1.82, 2.24) is 9.80 Å². The summed E-state index contributed by atoms with van der Waals surface area (Å²) in [5.74, 6) is -0.112. The maximum Gasteiger partial charge on any atom is 0.290 e. The van der Waals surface area contributed by atoms with Crippen LogP contribution in [0.2, 0.25) is 0 Å². The lowest BCUT2D eigenvalue weighted by molar-refractivity contribution is 0.0353. The standard InChI is InChI=1S/C29H33FN2O5/c1-2-3-4-15-36-22-8-5-7-20(18-22)26-25-27(33)23-19-21(30)9-10-24(23)37-28(25)29(34)32(26)12-6-11-31-13-16-35-17-14-31/h5,7-10,18-19,26H,2-4,6,11-17H2,1H3. The van der Waals surface area contributed by atoms with Crippen LogP contribution >= 0.6 is 0 Å². The van der Waals surface area contributed by atoms with E-state index in [9.17, 15) is 14.0 Å². The number of fused-ring (bicyclic) bond motifs is 2. The first-order chi connectivity index (χ1) is 18.1. The van der Waals surface area contributed by atoms with Crippen molar-refractivity contribution in [3.63, 3.8) is 0 Å². The van der Waals surface area contributed by atoms with Crippen molar-refractivity contribution in [2.45, 2.75) is 38.6 Å². The Hall–Kier alpha value is -3.23. The first-order valence-corrected chi connectivity index (χ1v) is 13.2. The van der Waals surface area contributed by atoms with E-state index in [1.165, 1.54) is 18.2 Å². The van der Waals surface area contributed by atoms with E-state index in [1.54, 1.807) is 4.90 Å². The van der Waals surface area contributed by atoms with E-state index >= 15 is 0 Å². The predicted molar refractivity (Wildman–Crippen MR) is 139 cm³/mol. The molecule has 1 saturated heterocycles. The number of morpholine rings is 1. The number of halogens is 1. The van der Waals surface area contributed by atoms with Crippen LogP contribution in [0.3, 0.4) is 0 Å². The molecule has 1 fully saturated rings. The molecule has 1 aromatic heterocycles. The molecular formula is C29H33FN2O5. The Morgan fingerprint density at radius 2 is 1.86 bits per heavy atom. The third kappa shape index (κ3) is 5.40. The molecule has 0 saturated carbocycles. The third-order valence-electron chi connectivity index (χ3n) is 7.10. The van der Waals surface area contributed by atoms with Gasteiger partial charge in [-0.2, -0.15) is 0 Å². The van der Waals surface area contributed by atoms with Gasteiger partial charge < -0.3 is 18.8 Å². The Kier molecular flexibility index (Phi) is 7.86. The maximum atomic E-state index is 14.0. The number of amides is 1. The van der Waals surface area contributed by atoms with Crippen LogP contribution in [0, 0.1) is 5.82 Å². The molecule has 0 spiro atoms. The normalized spacial score (nSPS) is 17.9. The molecule has 1 atom stereocenters. The highest BCUT2D eigenvalue weighted by atomic mass is 19.1. The molecule has 1 unspecified atom stereocenters. The van der Waals surface area contributed by atoms with Gasteiger partial charge in [-0.05, 0) is 48.7 Å². The molecule has 7 nitrogen and oxygen atoms in total. The lowest BCUT2D eigenvalue weighted by atomic mass is 9.98. The number of unbranched alkanes of at least 4 members (excludes halogenated alkanes) is 2. The summed E-state index contributed by atoms with van der Waals surface area (Å²) in [4.78, 5) is 31.3. The molecule has 0 N–H and O–H groups in total. The van der Waals surface area contributed by atoms with Crippen LogP contribution in [-0.2, 0) is 4.74 Å². The lowest BCUT2D eigenvalue weighted by Gasteiger charge is -2.29. The molecule has 8 heteroatoms. The first kappa shape index (κ1) is 25.4. The number of benzene rings is 2. The quantitative estimate of drug-likeness (QED) is 0.368. The molecule has 0 aliphatic carbocycles. The van der Waals surface area contributed by atoms with Crippen LogP contribution in [-0.4, -0.2) is 61.7 Å². The summed E-state index contributed by atoms with van der Waals surface area (Å²) in [5, 5.41) is 0.138. The van der Waals surface area contributed by atoms with Crippen molar-refractivity contribution in [1.29, 1.82) is 0 Å². The van der Waals surface area contributed by atoms with E-state index in [0.717, 1.165) is 50.9 Å². The zero-order valence-electron chi connectivity index (χ0n) is 21.2. The Morgan fingerprint density at radius 1 is 1.03 bits per heavy atom. The van der Waals surface area contributed by atoms with Gasteiger partial charge in [-0.1, -0.05) is 31.9 Å². The molecular weight excluding hydrogens is 475 g/mol. The SMILES string of the molecule is CCCCCOc1cccc(C2c3c(oc4ccc(F)cc4c3=O)C(=O)N2CCCN2CCOCC2)c1. The number of carbonyl (C=O) groups is 1. The van der Waals surface area contributed by atoms with E-state index < -0.39 is 11.9 Å². The first-order valence-electron chi connectivity index (χ1n) is 13.2. The second-order valence-corrected chi connectivity index (χ2v) is 9.65. The van der Waals surface area contributed by atoms with Crippen molar-refractivity contribution >= 4 is 16.9 Å². The van der Waals surface area contributed by atoms with Gasteiger partial charge in [0.05, 0.1) is 36.8 Å². The number of rotatable bonds is 10. The van der Waals surface area contributed by atoms with Gasteiger partial charge in [-0.25, -0.2) is 4.39 Å². The van der Waals surface area contributed by atoms with Crippen molar-refractivity contribution in [2.24, 2.45) is 0 Å². The largest absolute Gasteiger partial charge is 0.494 e. The van der Waals surface area contributed by atoms with Gasteiger partial charge in [0, 0.05) is 26.2 Å². The van der Waals surface area contributed by atoms with E-state index in [0.29, 0.717) is 32.1 Å². The number of carbonyl (C=O) groups excluding carboxylic acids is 1. The van der Waals surface area contributed by atoms with Crippen molar-refractivity contribution in [2.75, 3.05) is 46.0 Å². The van der Waals surface area contributed by atoms with Crippen LogP contribution < -0.4 is 10.2 Å². The minimum absolute atomic E-state index is 0.0368. The highest BCUT2D eigenvalue weighted by molar-refractivity contribution is 5.99. The second-order valence-electron chi connectivity index (χ2n) is 9.65. The summed E-state index contributed by atoms with van der Waals surface area (Å²) in [7, 11) is 0. The summed E-state index contributed by atoms with van der Waals surface area (Å²) in [6.45, 7) is 7.18. The van der Waals surface area contributed by atoms with Gasteiger partial charge in [-0.3, -0.25) is 14.5 Å². The molecule has 3 heterocycles. The van der Waals surface area contributed by atoms with E-state index in [1.807, 2.05) is 24.3 Å². The molecule has 0 bridgehead atoms. The summed E-state index contributed by atoms with van der Waals surface area (Å²) < 4.78 is 31.4. The van der Waals surface area contributed by atoms with Gasteiger partial charge in [0.1, 0.15) is 17.1 Å². The number of ether oxygens (including phenoxy) is 2. The van der Waals surface area contributed by atoms with Crippen LogP contribution in [0.25, 0.3) is 11.0 Å². The molecule has 196 valence electrons. The molecule has 2 aliphatic rings. The van der Waals surface area contributed by atoms with Gasteiger partial charge in [0.15, 0.2) is 5.43 Å². The molecule has 3 aromatic rings. The number of hydrogen-bond donors (Lipinski definition) is 0. The monoisotopic (exact) mass is 508 g/mol. The van der Waals surface area contributed by atoms with Crippen molar-refractivity contribution in [3.05, 3.63) is 75.4 Å². The van der Waals surface area contributed by atoms with Gasteiger partial charge in [0.2, 0.25) is 5.76 Å². The third-order valence-corrected chi connectivity index (χ3v) is 7.10. The average Bonchev–Trinajstić information content (AvgIpc) is 3.19. The summed E-state index contributed by atoms with van der Waals surface area (Å²) in [5.41, 5.74) is 0.867. The smallest absolute Gasteiger partial charge is 0.290 e. The van der Waals surface area contributed by atoms with E-state index in [2.05, 4.69) is 11.8 Å². The minimum atomic E-state index is -0.629. The highest BCUT2D eigenvalue weighted by Gasteiger charge is 2.42. The summed E-state index contributed by atoms with van der Waals surface area (Å²) >= 11 is 0. The van der Waals surface area contributed by atoms with Gasteiger partial charge in [0.25, 0.3) is 5.91 Å². The molecule has 0 radical (unpaired) electrons. The average molecular weight is 509 g/mol. The maximum absolute atomic E-state index is 14.0. The predicted octanol–water partition coefficient (Wildman–Crippen LogP) is 4.77. The highest BCUT2D eigenvalue weighted by Crippen LogP contribution is 2.39. The fourth-order valence-corrected chi connectivity index (χ4v) is 5.18. The van der Waals surface area contributed by atoms with Crippen LogP contribution in [0.15, 0.2) is 51.7 Å². The molecule has 5 rings (SSSR count). The van der Waals surface area contributed by atoms with Gasteiger partial charge >= 0.3 is 0 Å². The molecule has 2 aromatic carbocycles. The van der Waals surface area contributed by atoms with Crippen LogP contribution in [0.4, 0.5) is 4.39 Å². The Labute approximate surface area is 215 Å². The summed E-state index contributed by atoms with van der Waals surface area (Å²) in [6.07, 6.45) is 3.89. The van der Waals surface area contributed by atoms with E-state index in [4.69, 9.17) is 13.9 Å². The summed E-state index contributed by atoms with van der Waals surface area (Å²) in [6, 6.07) is 10.7. The Balaban J connectivity index is 1.49. The number of nitrogens with zero attached hydrogens (tertiary/aromatic N) is 2. The zero-order valence-corrected chi connectivity index (χ0v) is 21.2. The zero-order chi connectivity index (χ0) is 25.8. The molecule has 2 aliphatic heterocycles. The second kappa shape index (κ2) is 11.4. The lowest BCUT2D eigenvalue weighted by Crippen LogP contribution is -2.38.